The molecule has 2 rings (SSSR count). The Bertz CT molecular complexity index is 645. The van der Waals surface area contributed by atoms with E-state index >= 15 is 0 Å². The van der Waals surface area contributed by atoms with Crippen LogP contribution in [0.4, 0.5) is 0 Å². The normalized spacial score (nSPS) is 11.5. The molecule has 22 heavy (non-hydrogen) atoms. The molecular formula is C17H25N3O2. The molecule has 0 fully saturated rings. The van der Waals surface area contributed by atoms with Crippen LogP contribution < -0.4 is 0 Å². The first-order valence-corrected chi connectivity index (χ1v) is 8.05. The molecule has 0 atom stereocenters. The average Bonchev–Trinajstić information content (AvgIpc) is 2.85. The van der Waals surface area contributed by atoms with Crippen molar-refractivity contribution in [2.75, 3.05) is 19.6 Å². The monoisotopic (exact) mass is 303 g/mol. The van der Waals surface area contributed by atoms with Crippen molar-refractivity contribution in [3.63, 3.8) is 0 Å². The van der Waals surface area contributed by atoms with Gasteiger partial charge in [-0.25, -0.2) is 9.78 Å². The van der Waals surface area contributed by atoms with Crippen LogP contribution in [-0.2, 0) is 13.0 Å². The first-order chi connectivity index (χ1) is 10.6. The molecule has 0 radical (unpaired) electrons. The van der Waals surface area contributed by atoms with Gasteiger partial charge in [-0.05, 0) is 37.7 Å². The molecule has 0 saturated heterocycles. The maximum absolute atomic E-state index is 11.1. The van der Waals surface area contributed by atoms with Gasteiger partial charge < -0.3 is 14.6 Å². The minimum absolute atomic E-state index is 0.295. The van der Waals surface area contributed by atoms with Crippen molar-refractivity contribution < 1.29 is 9.90 Å². The summed E-state index contributed by atoms with van der Waals surface area (Å²) < 4.78 is 2.24. The van der Waals surface area contributed by atoms with E-state index < -0.39 is 5.97 Å². The van der Waals surface area contributed by atoms with E-state index in [0.29, 0.717) is 5.56 Å². The number of hydrogen-bond donors (Lipinski definition) is 1. The van der Waals surface area contributed by atoms with Gasteiger partial charge in [0.2, 0.25) is 0 Å². The summed E-state index contributed by atoms with van der Waals surface area (Å²) in [6.45, 7) is 10.4. The van der Waals surface area contributed by atoms with Crippen molar-refractivity contribution in [3.05, 3.63) is 29.6 Å². The molecule has 0 amide bonds. The highest BCUT2D eigenvalue weighted by Crippen LogP contribution is 2.19. The third kappa shape index (κ3) is 3.47. The number of carboxylic acid groups (broad SMARTS) is 1. The van der Waals surface area contributed by atoms with Crippen molar-refractivity contribution in [2.24, 2.45) is 0 Å². The van der Waals surface area contributed by atoms with Crippen LogP contribution in [0.25, 0.3) is 11.0 Å². The molecule has 120 valence electrons. The lowest BCUT2D eigenvalue weighted by atomic mass is 10.2. The lowest BCUT2D eigenvalue weighted by Crippen LogP contribution is -2.27. The molecule has 1 N–H and O–H groups in total. The second-order valence-electron chi connectivity index (χ2n) is 5.47. The lowest BCUT2D eigenvalue weighted by molar-refractivity contribution is 0.0697. The SMILES string of the molecule is CCCc1nc2cc(C(=O)O)ccc2n1CCN(CC)CC. The second kappa shape index (κ2) is 7.40. The number of likely N-dealkylation sites (N-methyl/N-ethyl adjacent to an activating group) is 1. The van der Waals surface area contributed by atoms with Gasteiger partial charge in [-0.3, -0.25) is 0 Å². The number of imidazole rings is 1. The van der Waals surface area contributed by atoms with E-state index in [2.05, 4.69) is 35.2 Å². The Kier molecular flexibility index (Phi) is 5.55. The Balaban J connectivity index is 2.36. The molecule has 1 aromatic heterocycles. The fourth-order valence-electron chi connectivity index (χ4n) is 2.76. The molecule has 0 spiro atoms. The third-order valence-corrected chi connectivity index (χ3v) is 4.08. The topological polar surface area (TPSA) is 58.4 Å². The molecule has 1 aromatic carbocycles. The number of hydrogen-bond acceptors (Lipinski definition) is 3. The molecule has 0 bridgehead atoms. The predicted octanol–water partition coefficient (Wildman–Crippen LogP) is 3.03. The van der Waals surface area contributed by atoms with E-state index in [1.807, 2.05) is 6.07 Å². The number of fused-ring (bicyclic) bond motifs is 1. The highest BCUT2D eigenvalue weighted by molar-refractivity contribution is 5.92. The summed E-state index contributed by atoms with van der Waals surface area (Å²) in [6.07, 6.45) is 1.94. The van der Waals surface area contributed by atoms with E-state index in [9.17, 15) is 4.79 Å². The Morgan fingerprint density at radius 1 is 1.27 bits per heavy atom. The van der Waals surface area contributed by atoms with Crippen molar-refractivity contribution in [2.45, 2.75) is 40.2 Å². The molecule has 0 aliphatic rings. The zero-order valence-corrected chi connectivity index (χ0v) is 13.7. The Labute approximate surface area is 131 Å². The molecule has 5 nitrogen and oxygen atoms in total. The Morgan fingerprint density at radius 3 is 2.59 bits per heavy atom. The molecule has 2 aromatic rings. The van der Waals surface area contributed by atoms with Crippen LogP contribution in [0.3, 0.4) is 0 Å². The minimum atomic E-state index is -0.906. The maximum atomic E-state index is 11.1. The predicted molar refractivity (Wildman–Crippen MR) is 88.5 cm³/mol. The molecule has 0 saturated carbocycles. The lowest BCUT2D eigenvalue weighted by Gasteiger charge is -2.19. The largest absolute Gasteiger partial charge is 0.478 e. The summed E-state index contributed by atoms with van der Waals surface area (Å²) in [6, 6.07) is 5.22. The van der Waals surface area contributed by atoms with Crippen LogP contribution in [0.5, 0.6) is 0 Å². The zero-order chi connectivity index (χ0) is 16.1. The summed E-state index contributed by atoms with van der Waals surface area (Å²) in [5, 5.41) is 9.12. The average molecular weight is 303 g/mol. The van der Waals surface area contributed by atoms with E-state index in [4.69, 9.17) is 5.11 Å². The molecule has 1 heterocycles. The number of benzene rings is 1. The van der Waals surface area contributed by atoms with Gasteiger partial charge >= 0.3 is 5.97 Å². The van der Waals surface area contributed by atoms with Gasteiger partial charge in [0.1, 0.15) is 5.82 Å². The molecule has 0 aliphatic heterocycles. The van der Waals surface area contributed by atoms with Gasteiger partial charge in [0.25, 0.3) is 0 Å². The first-order valence-electron chi connectivity index (χ1n) is 8.05. The molecule has 5 heteroatoms. The minimum Gasteiger partial charge on any atom is -0.478 e. The van der Waals surface area contributed by atoms with Gasteiger partial charge in [0.05, 0.1) is 16.6 Å². The van der Waals surface area contributed by atoms with E-state index in [0.717, 1.165) is 55.9 Å². The quantitative estimate of drug-likeness (QED) is 0.814. The van der Waals surface area contributed by atoms with Crippen LogP contribution >= 0.6 is 0 Å². The second-order valence-corrected chi connectivity index (χ2v) is 5.47. The summed E-state index contributed by atoms with van der Waals surface area (Å²) in [4.78, 5) is 18.2. The van der Waals surface area contributed by atoms with Gasteiger partial charge in [-0.1, -0.05) is 20.8 Å². The Morgan fingerprint density at radius 2 is 2.00 bits per heavy atom. The number of carbonyl (C=O) groups is 1. The van der Waals surface area contributed by atoms with Gasteiger partial charge in [-0.2, -0.15) is 0 Å². The fourth-order valence-corrected chi connectivity index (χ4v) is 2.76. The smallest absolute Gasteiger partial charge is 0.335 e. The number of aryl methyl sites for hydroxylation is 1. The molecule has 0 unspecified atom stereocenters. The zero-order valence-electron chi connectivity index (χ0n) is 13.7. The number of carboxylic acids is 1. The number of aromatic nitrogens is 2. The Hall–Kier alpha value is -1.88. The van der Waals surface area contributed by atoms with E-state index in [1.165, 1.54) is 0 Å². The molecular weight excluding hydrogens is 278 g/mol. The fraction of sp³-hybridized carbons (Fsp3) is 0.529. The van der Waals surface area contributed by atoms with E-state index in [-0.39, 0.29) is 0 Å². The highest BCUT2D eigenvalue weighted by Gasteiger charge is 2.13. The summed E-state index contributed by atoms with van der Waals surface area (Å²) in [5.74, 6) is 0.142. The van der Waals surface area contributed by atoms with Crippen molar-refractivity contribution in [1.29, 1.82) is 0 Å². The van der Waals surface area contributed by atoms with Gasteiger partial charge in [0.15, 0.2) is 0 Å². The van der Waals surface area contributed by atoms with Crippen LogP contribution in [0.2, 0.25) is 0 Å². The van der Waals surface area contributed by atoms with Crippen molar-refractivity contribution in [3.8, 4) is 0 Å². The molecule has 0 aliphatic carbocycles. The van der Waals surface area contributed by atoms with Crippen molar-refractivity contribution >= 4 is 17.0 Å². The highest BCUT2D eigenvalue weighted by atomic mass is 16.4. The first kappa shape index (κ1) is 16.5. The maximum Gasteiger partial charge on any atom is 0.335 e. The van der Waals surface area contributed by atoms with Gasteiger partial charge in [-0.15, -0.1) is 0 Å². The summed E-state index contributed by atoms with van der Waals surface area (Å²) in [5.41, 5.74) is 2.10. The van der Waals surface area contributed by atoms with Crippen LogP contribution in [0, 0.1) is 0 Å². The summed E-state index contributed by atoms with van der Waals surface area (Å²) >= 11 is 0. The van der Waals surface area contributed by atoms with E-state index in [1.54, 1.807) is 12.1 Å². The third-order valence-electron chi connectivity index (χ3n) is 4.08. The van der Waals surface area contributed by atoms with Crippen LogP contribution in [-0.4, -0.2) is 45.2 Å². The van der Waals surface area contributed by atoms with Crippen molar-refractivity contribution in [1.82, 2.24) is 14.5 Å². The number of aromatic carboxylic acids is 1. The number of nitrogens with zero attached hydrogens (tertiary/aromatic N) is 3. The standard InChI is InChI=1S/C17H25N3O2/c1-4-7-16-18-14-12-13(17(21)22)8-9-15(14)20(16)11-10-19(5-2)6-3/h8-9,12H,4-7,10-11H2,1-3H3,(H,21,22). The number of rotatable bonds is 8. The van der Waals surface area contributed by atoms with Crippen LogP contribution in [0.15, 0.2) is 18.2 Å². The summed E-state index contributed by atoms with van der Waals surface area (Å²) in [7, 11) is 0. The van der Waals surface area contributed by atoms with Crippen LogP contribution in [0.1, 0.15) is 43.4 Å². The van der Waals surface area contributed by atoms with Gasteiger partial charge in [0, 0.05) is 19.5 Å².